The van der Waals surface area contributed by atoms with Crippen LogP contribution in [0.15, 0.2) is 42.5 Å². The van der Waals surface area contributed by atoms with Gasteiger partial charge in [0.15, 0.2) is 5.11 Å². The van der Waals surface area contributed by atoms with Crippen molar-refractivity contribution in [3.63, 3.8) is 0 Å². The Hall–Kier alpha value is -2.40. The van der Waals surface area contributed by atoms with Crippen molar-refractivity contribution in [1.82, 2.24) is 5.32 Å². The van der Waals surface area contributed by atoms with Crippen molar-refractivity contribution in [3.8, 4) is 5.75 Å². The van der Waals surface area contributed by atoms with Gasteiger partial charge in [-0.1, -0.05) is 39.0 Å². The van der Waals surface area contributed by atoms with E-state index in [1.165, 1.54) is 0 Å². The van der Waals surface area contributed by atoms with Crippen molar-refractivity contribution >= 4 is 28.9 Å². The summed E-state index contributed by atoms with van der Waals surface area (Å²) in [6.07, 6.45) is 0.887. The number of amides is 1. The molecule has 2 rings (SSSR count). The highest BCUT2D eigenvalue weighted by atomic mass is 32.1. The van der Waals surface area contributed by atoms with Crippen molar-refractivity contribution in [3.05, 3.63) is 59.2 Å². The number of rotatable bonds is 6. The van der Waals surface area contributed by atoms with Gasteiger partial charge in [-0.05, 0) is 66.9 Å². The van der Waals surface area contributed by atoms with Crippen molar-refractivity contribution < 1.29 is 9.53 Å². The van der Waals surface area contributed by atoms with Gasteiger partial charge in [-0.2, -0.15) is 0 Å². The second-order valence-corrected chi connectivity index (χ2v) is 7.01. The first-order valence-corrected chi connectivity index (χ1v) is 9.25. The van der Waals surface area contributed by atoms with Crippen LogP contribution in [-0.4, -0.2) is 17.6 Å². The highest BCUT2D eigenvalue weighted by Gasteiger charge is 2.11. The Morgan fingerprint density at radius 2 is 1.85 bits per heavy atom. The van der Waals surface area contributed by atoms with Crippen LogP contribution in [0.5, 0.6) is 5.75 Å². The Labute approximate surface area is 161 Å². The maximum absolute atomic E-state index is 12.4. The van der Waals surface area contributed by atoms with Gasteiger partial charge in [-0.25, -0.2) is 0 Å². The third kappa shape index (κ3) is 5.56. The molecule has 0 saturated heterocycles. The van der Waals surface area contributed by atoms with E-state index in [1.807, 2.05) is 19.1 Å². The molecule has 0 aromatic heterocycles. The molecule has 0 saturated carbocycles. The second kappa shape index (κ2) is 9.34. The Kier molecular flexibility index (Phi) is 7.16. The van der Waals surface area contributed by atoms with Crippen LogP contribution in [0.2, 0.25) is 0 Å². The van der Waals surface area contributed by atoms with Gasteiger partial charge in [-0.15, -0.1) is 0 Å². The Morgan fingerprint density at radius 3 is 2.46 bits per heavy atom. The van der Waals surface area contributed by atoms with Gasteiger partial charge in [-0.3, -0.25) is 10.1 Å². The first kappa shape index (κ1) is 19.9. The highest BCUT2D eigenvalue weighted by molar-refractivity contribution is 7.80. The van der Waals surface area contributed by atoms with Gasteiger partial charge in [0.2, 0.25) is 0 Å². The van der Waals surface area contributed by atoms with Gasteiger partial charge in [0.05, 0.1) is 6.61 Å². The molecular weight excluding hydrogens is 344 g/mol. The molecule has 0 aliphatic heterocycles. The van der Waals surface area contributed by atoms with Crippen LogP contribution in [0, 0.1) is 12.8 Å². The lowest BCUT2D eigenvalue weighted by Gasteiger charge is -2.15. The van der Waals surface area contributed by atoms with E-state index < -0.39 is 0 Å². The number of aryl methyl sites for hydroxylation is 2. The molecule has 0 atom stereocenters. The van der Waals surface area contributed by atoms with Crippen LogP contribution in [0.3, 0.4) is 0 Å². The normalized spacial score (nSPS) is 10.5. The fourth-order valence-electron chi connectivity index (χ4n) is 2.49. The summed E-state index contributed by atoms with van der Waals surface area (Å²) in [6.45, 7) is 8.93. The fourth-order valence-corrected chi connectivity index (χ4v) is 2.68. The number of ether oxygens (including phenoxy) is 1. The first-order chi connectivity index (χ1) is 12.4. The minimum atomic E-state index is -0.246. The highest BCUT2D eigenvalue weighted by Crippen LogP contribution is 2.21. The molecule has 5 heteroatoms. The summed E-state index contributed by atoms with van der Waals surface area (Å²) >= 11 is 5.31. The molecule has 0 heterocycles. The Bertz CT molecular complexity index is 770. The van der Waals surface area contributed by atoms with E-state index >= 15 is 0 Å². The first-order valence-electron chi connectivity index (χ1n) is 8.84. The zero-order valence-corrected chi connectivity index (χ0v) is 16.6. The number of para-hydroxylation sites is 1. The Morgan fingerprint density at radius 1 is 1.15 bits per heavy atom. The van der Waals surface area contributed by atoms with Crippen molar-refractivity contribution in [1.29, 1.82) is 0 Å². The van der Waals surface area contributed by atoms with Crippen LogP contribution in [0.4, 0.5) is 5.69 Å². The van der Waals surface area contributed by atoms with Crippen LogP contribution < -0.4 is 15.4 Å². The predicted molar refractivity (Wildman–Crippen MR) is 111 cm³/mol. The van der Waals surface area contributed by atoms with Crippen molar-refractivity contribution in [2.45, 2.75) is 34.1 Å². The number of hydrogen-bond donors (Lipinski definition) is 2. The molecule has 26 heavy (non-hydrogen) atoms. The minimum absolute atomic E-state index is 0.246. The van der Waals surface area contributed by atoms with Crippen LogP contribution >= 0.6 is 12.2 Å². The number of anilines is 1. The number of benzene rings is 2. The second-order valence-electron chi connectivity index (χ2n) is 6.60. The third-order valence-corrected chi connectivity index (χ3v) is 4.11. The predicted octanol–water partition coefficient (Wildman–Crippen LogP) is 4.72. The summed E-state index contributed by atoms with van der Waals surface area (Å²) in [5.41, 5.74) is 3.74. The number of thiocarbonyl (C=S) groups is 1. The van der Waals surface area contributed by atoms with E-state index in [0.717, 1.165) is 29.0 Å². The number of nitrogens with one attached hydrogen (secondary N) is 2. The van der Waals surface area contributed by atoms with Gasteiger partial charge in [0.1, 0.15) is 5.75 Å². The maximum Gasteiger partial charge on any atom is 0.257 e. The quantitative estimate of drug-likeness (QED) is 0.723. The molecule has 2 aromatic rings. The molecular formula is C21H26N2O2S. The largest absolute Gasteiger partial charge is 0.493 e. The summed E-state index contributed by atoms with van der Waals surface area (Å²) in [5, 5.41) is 6.17. The standard InChI is InChI=1S/C21H26N2O2S/c1-5-16-8-6-7-15(4)19(16)22-21(26)23-20(24)17-9-11-18(12-10-17)25-13-14(2)3/h6-12,14H,5,13H2,1-4H3,(H2,22,23,24,26). The van der Waals surface area contributed by atoms with Crippen LogP contribution in [0.1, 0.15) is 42.3 Å². The summed E-state index contributed by atoms with van der Waals surface area (Å²) < 4.78 is 5.63. The van der Waals surface area contributed by atoms with Gasteiger partial charge in [0, 0.05) is 11.3 Å². The lowest BCUT2D eigenvalue weighted by molar-refractivity contribution is 0.0977. The van der Waals surface area contributed by atoms with Gasteiger partial charge < -0.3 is 10.1 Å². The van der Waals surface area contributed by atoms with Crippen molar-refractivity contribution in [2.75, 3.05) is 11.9 Å². The molecule has 2 N–H and O–H groups in total. The molecule has 4 nitrogen and oxygen atoms in total. The van der Waals surface area contributed by atoms with Gasteiger partial charge >= 0.3 is 0 Å². The average molecular weight is 371 g/mol. The van der Waals surface area contributed by atoms with E-state index in [1.54, 1.807) is 24.3 Å². The van der Waals surface area contributed by atoms with Crippen molar-refractivity contribution in [2.24, 2.45) is 5.92 Å². The SMILES string of the molecule is CCc1cccc(C)c1NC(=S)NC(=O)c1ccc(OCC(C)C)cc1. The molecule has 0 aliphatic rings. The summed E-state index contributed by atoms with van der Waals surface area (Å²) in [6, 6.07) is 13.1. The molecule has 138 valence electrons. The van der Waals surface area contributed by atoms with Crippen LogP contribution in [0.25, 0.3) is 0 Å². The van der Waals surface area contributed by atoms with E-state index in [4.69, 9.17) is 17.0 Å². The third-order valence-electron chi connectivity index (χ3n) is 3.91. The molecule has 0 radical (unpaired) electrons. The monoisotopic (exact) mass is 370 g/mol. The Balaban J connectivity index is 1.98. The molecule has 0 aliphatic carbocycles. The van der Waals surface area contributed by atoms with E-state index in [9.17, 15) is 4.79 Å². The topological polar surface area (TPSA) is 50.4 Å². The maximum atomic E-state index is 12.4. The molecule has 0 fully saturated rings. The number of carbonyl (C=O) groups excluding carboxylic acids is 1. The van der Waals surface area contributed by atoms with E-state index in [-0.39, 0.29) is 5.91 Å². The molecule has 1 amide bonds. The number of carbonyl (C=O) groups is 1. The summed E-state index contributed by atoms with van der Waals surface area (Å²) in [4.78, 5) is 12.4. The lowest BCUT2D eigenvalue weighted by atomic mass is 10.1. The summed E-state index contributed by atoms with van der Waals surface area (Å²) in [7, 11) is 0. The lowest BCUT2D eigenvalue weighted by Crippen LogP contribution is -2.34. The smallest absolute Gasteiger partial charge is 0.257 e. The van der Waals surface area contributed by atoms with Gasteiger partial charge in [0.25, 0.3) is 5.91 Å². The minimum Gasteiger partial charge on any atom is -0.493 e. The van der Waals surface area contributed by atoms with E-state index in [0.29, 0.717) is 23.2 Å². The van der Waals surface area contributed by atoms with E-state index in [2.05, 4.69) is 37.5 Å². The number of hydrogen-bond acceptors (Lipinski definition) is 3. The summed E-state index contributed by atoms with van der Waals surface area (Å²) in [5.74, 6) is 0.962. The van der Waals surface area contributed by atoms with Crippen LogP contribution in [-0.2, 0) is 6.42 Å². The zero-order chi connectivity index (χ0) is 19.1. The molecule has 0 bridgehead atoms. The molecule has 2 aromatic carbocycles. The molecule has 0 unspecified atom stereocenters. The molecule has 0 spiro atoms. The average Bonchev–Trinajstić information content (AvgIpc) is 2.62. The zero-order valence-electron chi connectivity index (χ0n) is 15.8. The fraction of sp³-hybridized carbons (Fsp3) is 0.333.